The predicted molar refractivity (Wildman–Crippen MR) is 65.0 cm³/mol. The molecule has 0 radical (unpaired) electrons. The van der Waals surface area contributed by atoms with Gasteiger partial charge in [0.2, 0.25) is 0 Å². The average molecular weight is 266 g/mol. The molecule has 2 aromatic heterocycles. The maximum Gasteiger partial charge on any atom is 0.337 e. The van der Waals surface area contributed by atoms with Crippen molar-refractivity contribution in [2.75, 3.05) is 0 Å². The maximum atomic E-state index is 12.8. The van der Waals surface area contributed by atoms with Crippen molar-refractivity contribution >= 4 is 5.97 Å². The smallest absolute Gasteiger partial charge is 0.337 e. The third kappa shape index (κ3) is 2.33. The second-order valence-corrected chi connectivity index (χ2v) is 4.17. The van der Waals surface area contributed by atoms with Crippen LogP contribution in [0.3, 0.4) is 0 Å². The van der Waals surface area contributed by atoms with Gasteiger partial charge < -0.3 is 9.67 Å². The van der Waals surface area contributed by atoms with Crippen molar-refractivity contribution in [3.05, 3.63) is 46.9 Å². The number of aromatic carboxylic acids is 1. The van der Waals surface area contributed by atoms with Crippen LogP contribution >= 0.6 is 0 Å². The number of aromatic nitrogens is 2. The molecule has 1 N–H and O–H groups in total. The second-order valence-electron chi connectivity index (χ2n) is 4.17. The molecule has 2 rings (SSSR count). The molecule has 6 heteroatoms. The molecule has 100 valence electrons. The lowest BCUT2D eigenvalue weighted by Crippen LogP contribution is -2.04. The molecule has 0 aliphatic carbocycles. The van der Waals surface area contributed by atoms with E-state index in [-0.39, 0.29) is 11.1 Å². The topological polar surface area (TPSA) is 55.1 Å². The zero-order valence-corrected chi connectivity index (χ0v) is 10.4. The number of hydrogen-bond acceptors (Lipinski definition) is 2. The molecule has 4 nitrogen and oxygen atoms in total. The minimum Gasteiger partial charge on any atom is -0.478 e. The van der Waals surface area contributed by atoms with E-state index < -0.39 is 12.4 Å². The van der Waals surface area contributed by atoms with Gasteiger partial charge >= 0.3 is 5.97 Å². The minimum absolute atomic E-state index is 0.0402. The second kappa shape index (κ2) is 4.79. The van der Waals surface area contributed by atoms with Crippen LogP contribution < -0.4 is 0 Å². The van der Waals surface area contributed by atoms with Gasteiger partial charge in [0.15, 0.2) is 0 Å². The highest BCUT2D eigenvalue weighted by molar-refractivity contribution is 5.87. The summed E-state index contributed by atoms with van der Waals surface area (Å²) in [5, 5.41) is 8.79. The molecule has 2 heterocycles. The van der Waals surface area contributed by atoms with Gasteiger partial charge in [-0.2, -0.15) is 0 Å². The number of alkyl halides is 2. The zero-order chi connectivity index (χ0) is 14.2. The quantitative estimate of drug-likeness (QED) is 0.928. The van der Waals surface area contributed by atoms with Crippen LogP contribution in [0.5, 0.6) is 0 Å². The molecule has 0 bridgehead atoms. The lowest BCUT2D eigenvalue weighted by atomic mass is 10.2. The third-order valence-corrected chi connectivity index (χ3v) is 2.93. The molecule has 0 aliphatic rings. The van der Waals surface area contributed by atoms with E-state index in [1.165, 1.54) is 24.4 Å². The number of carboxylic acids is 1. The van der Waals surface area contributed by atoms with Gasteiger partial charge in [0.25, 0.3) is 6.43 Å². The van der Waals surface area contributed by atoms with Gasteiger partial charge in [0.05, 0.1) is 5.56 Å². The van der Waals surface area contributed by atoms with Crippen LogP contribution in [0.4, 0.5) is 8.78 Å². The number of pyridine rings is 1. The van der Waals surface area contributed by atoms with Crippen molar-refractivity contribution in [3.63, 3.8) is 0 Å². The molecule has 2 aromatic rings. The number of hydrogen-bond donors (Lipinski definition) is 1. The summed E-state index contributed by atoms with van der Waals surface area (Å²) >= 11 is 0. The van der Waals surface area contributed by atoms with Crippen LogP contribution in [0.25, 0.3) is 5.82 Å². The summed E-state index contributed by atoms with van der Waals surface area (Å²) < 4.78 is 27.2. The maximum absolute atomic E-state index is 12.8. The van der Waals surface area contributed by atoms with Crippen molar-refractivity contribution in [3.8, 4) is 5.82 Å². The molecule has 0 fully saturated rings. The van der Waals surface area contributed by atoms with E-state index in [1.54, 1.807) is 18.4 Å². The van der Waals surface area contributed by atoms with E-state index in [1.807, 2.05) is 0 Å². The first-order valence-electron chi connectivity index (χ1n) is 5.58. The molecular weight excluding hydrogens is 254 g/mol. The van der Waals surface area contributed by atoms with Gasteiger partial charge in [-0.25, -0.2) is 18.6 Å². The summed E-state index contributed by atoms with van der Waals surface area (Å²) in [4.78, 5) is 14.7. The molecule has 0 saturated heterocycles. The average Bonchev–Trinajstić information content (AvgIpc) is 2.65. The molecular formula is C13H12F2N2O2. The molecule has 0 aliphatic heterocycles. The van der Waals surface area contributed by atoms with Gasteiger partial charge in [0, 0.05) is 23.1 Å². The lowest BCUT2D eigenvalue weighted by molar-refractivity contribution is 0.0696. The number of aryl methyl sites for hydroxylation is 1. The third-order valence-electron chi connectivity index (χ3n) is 2.93. The number of carboxylic acid groups (broad SMARTS) is 1. The summed E-state index contributed by atoms with van der Waals surface area (Å²) in [5.74, 6) is -0.653. The van der Waals surface area contributed by atoms with Gasteiger partial charge in [-0.15, -0.1) is 0 Å². The molecule has 0 saturated carbocycles. The van der Waals surface area contributed by atoms with Gasteiger partial charge in [-0.3, -0.25) is 0 Å². The largest absolute Gasteiger partial charge is 0.478 e. The highest BCUT2D eigenvalue weighted by Gasteiger charge is 2.18. The predicted octanol–water partition coefficient (Wildman–Crippen LogP) is 3.12. The Morgan fingerprint density at radius 2 is 2.05 bits per heavy atom. The van der Waals surface area contributed by atoms with Gasteiger partial charge in [-0.1, -0.05) is 0 Å². The van der Waals surface area contributed by atoms with Crippen LogP contribution in [-0.4, -0.2) is 20.6 Å². The van der Waals surface area contributed by atoms with Crippen LogP contribution in [0.15, 0.2) is 24.4 Å². The van der Waals surface area contributed by atoms with E-state index in [4.69, 9.17) is 5.11 Å². The SMILES string of the molecule is Cc1cc(C(F)F)c(C)n1-c1ccc(C(=O)O)cn1. The number of nitrogens with zero attached hydrogens (tertiary/aromatic N) is 2. The van der Waals surface area contributed by atoms with Crippen molar-refractivity contribution in [2.24, 2.45) is 0 Å². The van der Waals surface area contributed by atoms with Crippen LogP contribution in [0.2, 0.25) is 0 Å². The van der Waals surface area contributed by atoms with Gasteiger partial charge in [0.1, 0.15) is 5.82 Å². The summed E-state index contributed by atoms with van der Waals surface area (Å²) in [6.45, 7) is 3.28. The fourth-order valence-electron chi connectivity index (χ4n) is 2.01. The van der Waals surface area contributed by atoms with Crippen molar-refractivity contribution in [2.45, 2.75) is 20.3 Å². The van der Waals surface area contributed by atoms with E-state index in [0.717, 1.165) is 0 Å². The Morgan fingerprint density at radius 1 is 1.37 bits per heavy atom. The summed E-state index contributed by atoms with van der Waals surface area (Å²) in [6.07, 6.45) is -1.34. The number of halogens is 2. The van der Waals surface area contributed by atoms with Gasteiger partial charge in [-0.05, 0) is 32.0 Å². The van der Waals surface area contributed by atoms with Crippen LogP contribution in [0, 0.1) is 13.8 Å². The lowest BCUT2D eigenvalue weighted by Gasteiger charge is -2.09. The van der Waals surface area contributed by atoms with E-state index in [9.17, 15) is 13.6 Å². The Balaban J connectivity index is 2.50. The Hall–Kier alpha value is -2.24. The number of rotatable bonds is 3. The molecule has 0 spiro atoms. The molecule has 0 aromatic carbocycles. The Bertz CT molecular complexity index is 618. The number of carbonyl (C=O) groups is 1. The van der Waals surface area contributed by atoms with Crippen molar-refractivity contribution < 1.29 is 18.7 Å². The Morgan fingerprint density at radius 3 is 2.47 bits per heavy atom. The first kappa shape index (κ1) is 13.2. The first-order chi connectivity index (χ1) is 8.91. The van der Waals surface area contributed by atoms with E-state index in [2.05, 4.69) is 4.98 Å². The summed E-state index contributed by atoms with van der Waals surface area (Å²) in [7, 11) is 0. The van der Waals surface area contributed by atoms with Crippen molar-refractivity contribution in [1.82, 2.24) is 9.55 Å². The Labute approximate surface area is 108 Å². The molecule has 0 unspecified atom stereocenters. The van der Waals surface area contributed by atoms with Crippen molar-refractivity contribution in [1.29, 1.82) is 0 Å². The Kier molecular flexibility index (Phi) is 3.33. The monoisotopic (exact) mass is 266 g/mol. The van der Waals surface area contributed by atoms with Crippen LogP contribution in [-0.2, 0) is 0 Å². The normalized spacial score (nSPS) is 11.0. The molecule has 0 amide bonds. The highest BCUT2D eigenvalue weighted by Crippen LogP contribution is 2.27. The highest BCUT2D eigenvalue weighted by atomic mass is 19.3. The summed E-state index contributed by atoms with van der Waals surface area (Å²) in [5.41, 5.74) is 1.05. The molecule has 0 atom stereocenters. The fraction of sp³-hybridized carbons (Fsp3) is 0.231. The minimum atomic E-state index is -2.54. The summed E-state index contributed by atoms with van der Waals surface area (Å²) in [6, 6.07) is 4.30. The van der Waals surface area contributed by atoms with E-state index in [0.29, 0.717) is 17.2 Å². The standard InChI is InChI=1S/C13H12F2N2O2/c1-7-5-10(12(14)15)8(2)17(7)11-4-3-9(6-16-11)13(18)19/h3-6,12H,1-2H3,(H,18,19). The zero-order valence-electron chi connectivity index (χ0n) is 10.4. The fourth-order valence-corrected chi connectivity index (χ4v) is 2.01. The van der Waals surface area contributed by atoms with E-state index >= 15 is 0 Å². The first-order valence-corrected chi connectivity index (χ1v) is 5.58. The van der Waals surface area contributed by atoms with Crippen LogP contribution in [0.1, 0.15) is 33.7 Å². The molecule has 19 heavy (non-hydrogen) atoms.